The summed E-state index contributed by atoms with van der Waals surface area (Å²) in [7, 11) is -3.09. The van der Waals surface area contributed by atoms with Crippen LogP contribution in [0.3, 0.4) is 0 Å². The van der Waals surface area contributed by atoms with Crippen LogP contribution in [0.2, 0.25) is 0 Å². The van der Waals surface area contributed by atoms with Gasteiger partial charge in [-0.1, -0.05) is 26.0 Å². The standard InChI is InChI=1S/C21H36N4O3S/c1-17(2)16-19-8-7-9-20(23-18(3)26)21(19)25-14-12-24(13-15-25)11-6-5-10-22-29(4,27)28/h7-9,17,22H,5-6,10-16H2,1-4H3,(H,23,26). The van der Waals surface area contributed by atoms with Crippen molar-refractivity contribution >= 4 is 27.3 Å². The lowest BCUT2D eigenvalue weighted by atomic mass is 9.99. The van der Waals surface area contributed by atoms with Gasteiger partial charge in [0.05, 0.1) is 17.6 Å². The van der Waals surface area contributed by atoms with Crippen molar-refractivity contribution in [2.24, 2.45) is 5.92 Å². The summed E-state index contributed by atoms with van der Waals surface area (Å²) < 4.78 is 24.7. The molecule has 0 unspecified atom stereocenters. The highest BCUT2D eigenvalue weighted by molar-refractivity contribution is 7.88. The van der Waals surface area contributed by atoms with Crippen LogP contribution in [0.1, 0.15) is 39.2 Å². The van der Waals surface area contributed by atoms with Crippen molar-refractivity contribution in [3.8, 4) is 0 Å². The molecule has 0 aromatic heterocycles. The lowest BCUT2D eigenvalue weighted by Crippen LogP contribution is -2.47. The van der Waals surface area contributed by atoms with Gasteiger partial charge in [-0.3, -0.25) is 9.69 Å². The van der Waals surface area contributed by atoms with Crippen LogP contribution in [-0.2, 0) is 21.2 Å². The molecule has 8 heteroatoms. The number of unbranched alkanes of at least 4 members (excludes halogenated alkanes) is 1. The highest BCUT2D eigenvalue weighted by Gasteiger charge is 2.22. The molecule has 7 nitrogen and oxygen atoms in total. The lowest BCUT2D eigenvalue weighted by Gasteiger charge is -2.38. The molecule has 1 heterocycles. The highest BCUT2D eigenvalue weighted by atomic mass is 32.2. The predicted molar refractivity (Wildman–Crippen MR) is 120 cm³/mol. The zero-order valence-corrected chi connectivity index (χ0v) is 19.0. The van der Waals surface area contributed by atoms with E-state index in [1.54, 1.807) is 6.92 Å². The number of carbonyl (C=O) groups is 1. The summed E-state index contributed by atoms with van der Waals surface area (Å²) >= 11 is 0. The number of benzene rings is 1. The average molecular weight is 425 g/mol. The van der Waals surface area contributed by atoms with Crippen LogP contribution in [-0.4, -0.2) is 64.7 Å². The van der Waals surface area contributed by atoms with E-state index in [4.69, 9.17) is 0 Å². The normalized spacial score (nSPS) is 15.7. The van der Waals surface area contributed by atoms with Gasteiger partial charge < -0.3 is 10.2 Å². The Morgan fingerprint density at radius 2 is 1.83 bits per heavy atom. The minimum Gasteiger partial charge on any atom is -0.367 e. The summed E-state index contributed by atoms with van der Waals surface area (Å²) in [6.45, 7) is 11.2. The molecule has 0 spiro atoms. The predicted octanol–water partition coefficient (Wildman–Crippen LogP) is 2.29. The second kappa shape index (κ2) is 10.9. The topological polar surface area (TPSA) is 81.8 Å². The molecule has 0 saturated carbocycles. The first kappa shape index (κ1) is 23.6. The monoisotopic (exact) mass is 424 g/mol. The van der Waals surface area contributed by atoms with Crippen LogP contribution < -0.4 is 14.9 Å². The fourth-order valence-electron chi connectivity index (χ4n) is 3.77. The summed E-state index contributed by atoms with van der Waals surface area (Å²) in [4.78, 5) is 16.5. The van der Waals surface area contributed by atoms with Crippen LogP contribution in [0.25, 0.3) is 0 Å². The third kappa shape index (κ3) is 8.32. The molecular formula is C21H36N4O3S. The van der Waals surface area contributed by atoms with Crippen LogP contribution in [0.4, 0.5) is 11.4 Å². The molecule has 0 aliphatic carbocycles. The first-order chi connectivity index (χ1) is 13.7. The minimum atomic E-state index is -3.09. The number of piperazine rings is 1. The molecule has 0 bridgehead atoms. The van der Waals surface area contributed by atoms with Gasteiger partial charge in [0.15, 0.2) is 0 Å². The Morgan fingerprint density at radius 1 is 1.14 bits per heavy atom. The minimum absolute atomic E-state index is 0.0470. The molecule has 1 amide bonds. The molecule has 1 aliphatic rings. The Kier molecular flexibility index (Phi) is 8.92. The Hall–Kier alpha value is -1.64. The zero-order chi connectivity index (χ0) is 21.4. The Morgan fingerprint density at radius 3 is 2.41 bits per heavy atom. The van der Waals surface area contributed by atoms with Gasteiger partial charge in [-0.05, 0) is 43.4 Å². The van der Waals surface area contributed by atoms with E-state index in [1.807, 2.05) is 12.1 Å². The van der Waals surface area contributed by atoms with E-state index in [2.05, 4.69) is 39.8 Å². The maximum Gasteiger partial charge on any atom is 0.221 e. The maximum atomic E-state index is 11.7. The molecule has 29 heavy (non-hydrogen) atoms. The van der Waals surface area contributed by atoms with E-state index in [1.165, 1.54) is 11.8 Å². The first-order valence-corrected chi connectivity index (χ1v) is 12.4. The van der Waals surface area contributed by atoms with Crippen molar-refractivity contribution in [2.75, 3.05) is 55.7 Å². The van der Waals surface area contributed by atoms with Crippen LogP contribution in [0, 0.1) is 5.92 Å². The molecule has 2 rings (SSSR count). The molecule has 1 aromatic carbocycles. The van der Waals surface area contributed by atoms with Crippen molar-refractivity contribution in [3.05, 3.63) is 23.8 Å². The van der Waals surface area contributed by atoms with Gasteiger partial charge in [0.2, 0.25) is 15.9 Å². The number of sulfonamides is 1. The molecule has 1 fully saturated rings. The van der Waals surface area contributed by atoms with E-state index < -0.39 is 10.0 Å². The number of anilines is 2. The summed E-state index contributed by atoms with van der Waals surface area (Å²) in [5.74, 6) is 0.498. The number of hydrogen-bond acceptors (Lipinski definition) is 5. The van der Waals surface area contributed by atoms with Crippen LogP contribution >= 0.6 is 0 Å². The fraction of sp³-hybridized carbons (Fsp3) is 0.667. The van der Waals surface area contributed by atoms with E-state index in [0.29, 0.717) is 12.5 Å². The number of amides is 1. The van der Waals surface area contributed by atoms with Gasteiger partial charge in [-0.2, -0.15) is 0 Å². The van der Waals surface area contributed by atoms with E-state index in [0.717, 1.165) is 63.4 Å². The summed E-state index contributed by atoms with van der Waals surface area (Å²) in [5, 5.41) is 3.01. The van der Waals surface area contributed by atoms with E-state index >= 15 is 0 Å². The average Bonchev–Trinajstić information content (AvgIpc) is 2.60. The smallest absolute Gasteiger partial charge is 0.221 e. The van der Waals surface area contributed by atoms with Crippen LogP contribution in [0.15, 0.2) is 18.2 Å². The number of nitrogens with zero attached hydrogens (tertiary/aromatic N) is 2. The van der Waals surface area contributed by atoms with E-state index in [-0.39, 0.29) is 5.91 Å². The molecular weight excluding hydrogens is 388 g/mol. The number of para-hydroxylation sites is 1. The fourth-order valence-corrected chi connectivity index (χ4v) is 4.29. The van der Waals surface area contributed by atoms with Gasteiger partial charge in [-0.15, -0.1) is 0 Å². The number of carbonyl (C=O) groups excluding carboxylic acids is 1. The first-order valence-electron chi connectivity index (χ1n) is 10.5. The van der Waals surface area contributed by atoms with Crippen LogP contribution in [0.5, 0.6) is 0 Å². The van der Waals surface area contributed by atoms with Crippen molar-refractivity contribution in [1.82, 2.24) is 9.62 Å². The molecule has 2 N–H and O–H groups in total. The van der Waals surface area contributed by atoms with Gasteiger partial charge in [-0.25, -0.2) is 13.1 Å². The second-order valence-electron chi connectivity index (χ2n) is 8.29. The molecule has 1 saturated heterocycles. The quantitative estimate of drug-likeness (QED) is 0.563. The van der Waals surface area contributed by atoms with Crippen molar-refractivity contribution in [2.45, 2.75) is 40.0 Å². The lowest BCUT2D eigenvalue weighted by molar-refractivity contribution is -0.114. The van der Waals surface area contributed by atoms with Gasteiger partial charge >= 0.3 is 0 Å². The molecule has 0 atom stereocenters. The molecule has 0 radical (unpaired) electrons. The molecule has 164 valence electrons. The third-order valence-electron chi connectivity index (χ3n) is 5.01. The van der Waals surface area contributed by atoms with Crippen molar-refractivity contribution in [3.63, 3.8) is 0 Å². The Bertz CT molecular complexity index is 772. The van der Waals surface area contributed by atoms with Crippen molar-refractivity contribution in [1.29, 1.82) is 0 Å². The third-order valence-corrected chi connectivity index (χ3v) is 5.74. The largest absolute Gasteiger partial charge is 0.367 e. The number of rotatable bonds is 10. The number of hydrogen-bond donors (Lipinski definition) is 2. The summed E-state index contributed by atoms with van der Waals surface area (Å²) in [6.07, 6.45) is 4.00. The Balaban J connectivity index is 1.94. The van der Waals surface area contributed by atoms with Gasteiger partial charge in [0.25, 0.3) is 0 Å². The number of nitrogens with one attached hydrogen (secondary N) is 2. The van der Waals surface area contributed by atoms with Crippen molar-refractivity contribution < 1.29 is 13.2 Å². The highest BCUT2D eigenvalue weighted by Crippen LogP contribution is 2.33. The van der Waals surface area contributed by atoms with Gasteiger partial charge in [0.1, 0.15) is 0 Å². The second-order valence-corrected chi connectivity index (χ2v) is 10.1. The van der Waals surface area contributed by atoms with E-state index in [9.17, 15) is 13.2 Å². The molecule has 1 aromatic rings. The summed E-state index contributed by atoms with van der Waals surface area (Å²) in [6, 6.07) is 6.18. The zero-order valence-electron chi connectivity index (χ0n) is 18.2. The summed E-state index contributed by atoms with van der Waals surface area (Å²) in [5.41, 5.74) is 3.34. The van der Waals surface area contributed by atoms with Gasteiger partial charge in [0, 0.05) is 39.6 Å². The maximum absolute atomic E-state index is 11.7. The Labute approximate surface area is 175 Å². The SMILES string of the molecule is CC(=O)Nc1cccc(CC(C)C)c1N1CCN(CCCCNS(C)(=O)=O)CC1. The molecule has 1 aliphatic heterocycles.